The summed E-state index contributed by atoms with van der Waals surface area (Å²) in [4.78, 5) is 31.0. The summed E-state index contributed by atoms with van der Waals surface area (Å²) >= 11 is 5.89. The molecule has 1 fully saturated rings. The third-order valence-electron chi connectivity index (χ3n) is 7.12. The molecule has 1 aliphatic heterocycles. The van der Waals surface area contributed by atoms with Crippen LogP contribution in [0.5, 0.6) is 0 Å². The minimum atomic E-state index is -0.386. The Kier molecular flexibility index (Phi) is 8.14. The van der Waals surface area contributed by atoms with Crippen molar-refractivity contribution in [3.63, 3.8) is 0 Å². The second-order valence-corrected chi connectivity index (χ2v) is 10.1. The first-order chi connectivity index (χ1) is 19.8. The fourth-order valence-corrected chi connectivity index (χ4v) is 5.70. The molecule has 0 saturated carbocycles. The van der Waals surface area contributed by atoms with Crippen LogP contribution in [0.3, 0.4) is 0 Å². The average Bonchev–Trinajstić information content (AvgIpc) is 3.48. The Morgan fingerprint density at radius 3 is 2.46 bits per heavy atom. The maximum absolute atomic E-state index is 12.2. The number of aryl methyl sites for hydroxylation is 1. The molecule has 1 saturated heterocycles. The van der Waals surface area contributed by atoms with Gasteiger partial charge in [-0.25, -0.2) is 4.79 Å². The Hall–Kier alpha value is -4.54. The number of carbonyl (C=O) groups is 2. The normalized spacial score (nSPS) is 16.4. The first-order valence-electron chi connectivity index (χ1n) is 13.1. The van der Waals surface area contributed by atoms with E-state index in [9.17, 15) is 9.59 Å². The number of aromatic nitrogens is 2. The lowest BCUT2D eigenvalue weighted by Crippen LogP contribution is -2.29. The first kappa shape index (κ1) is 28.0. The number of nitrogens with zero attached hydrogens (tertiary/aromatic N) is 3. The summed E-state index contributed by atoms with van der Waals surface area (Å²) in [6, 6.07) is 22.5. The van der Waals surface area contributed by atoms with Crippen LogP contribution >= 0.6 is 12.2 Å². The van der Waals surface area contributed by atoms with Crippen molar-refractivity contribution in [1.29, 1.82) is 0 Å². The Bertz CT molecular complexity index is 1590. The quantitative estimate of drug-likeness (QED) is 0.225. The number of carbonyl (C=O) groups excluding carboxylic acids is 2. The smallest absolute Gasteiger partial charge is 0.337 e. The number of esters is 1. The number of amides is 1. The van der Waals surface area contributed by atoms with Gasteiger partial charge in [0.2, 0.25) is 5.91 Å². The van der Waals surface area contributed by atoms with Crippen LogP contribution in [0.4, 0.5) is 11.4 Å². The number of benzene rings is 2. The van der Waals surface area contributed by atoms with Crippen LogP contribution in [0, 0.1) is 13.8 Å². The number of thiocarbonyl (C=S) groups is 1. The second-order valence-electron chi connectivity index (χ2n) is 9.73. The molecule has 5 rings (SSSR count). The molecule has 0 bridgehead atoms. The summed E-state index contributed by atoms with van der Waals surface area (Å²) in [6.07, 6.45) is 1.78. The predicted molar refractivity (Wildman–Crippen MR) is 161 cm³/mol. The highest BCUT2D eigenvalue weighted by Crippen LogP contribution is 2.44. The maximum atomic E-state index is 12.2. The van der Waals surface area contributed by atoms with Crippen LogP contribution in [0.25, 0.3) is 5.69 Å². The topological polar surface area (TPSA) is 97.7 Å². The molecule has 2 N–H and O–H groups in total. The van der Waals surface area contributed by atoms with Crippen LogP contribution in [0.1, 0.15) is 45.1 Å². The van der Waals surface area contributed by atoms with Crippen molar-refractivity contribution in [3.8, 4) is 5.69 Å². The summed E-state index contributed by atoms with van der Waals surface area (Å²) in [6.45, 7) is 4.09. The molecule has 0 radical (unpaired) electrons. The number of hydrogen-bond donors (Lipinski definition) is 2. The van der Waals surface area contributed by atoms with E-state index in [4.69, 9.17) is 21.7 Å². The van der Waals surface area contributed by atoms with E-state index in [-0.39, 0.29) is 30.6 Å². The van der Waals surface area contributed by atoms with E-state index >= 15 is 0 Å². The molecule has 9 nitrogen and oxygen atoms in total. The summed E-state index contributed by atoms with van der Waals surface area (Å²) in [5.41, 5.74) is 6.81. The molecule has 0 aliphatic carbocycles. The van der Waals surface area contributed by atoms with Crippen molar-refractivity contribution in [2.75, 3.05) is 31.0 Å². The van der Waals surface area contributed by atoms with Crippen molar-refractivity contribution in [1.82, 2.24) is 14.9 Å². The number of methoxy groups -OCH3 is 2. The molecule has 4 aromatic rings. The molecule has 2 aromatic carbocycles. The van der Waals surface area contributed by atoms with Crippen molar-refractivity contribution in [3.05, 3.63) is 107 Å². The van der Waals surface area contributed by atoms with Gasteiger partial charge in [-0.1, -0.05) is 12.1 Å². The summed E-state index contributed by atoms with van der Waals surface area (Å²) < 4.78 is 12.0. The molecule has 1 aliphatic rings. The molecule has 41 heavy (non-hydrogen) atoms. The van der Waals surface area contributed by atoms with Crippen LogP contribution < -0.4 is 15.5 Å². The molecule has 2 atom stereocenters. The monoisotopic (exact) mass is 569 g/mol. The van der Waals surface area contributed by atoms with Gasteiger partial charge in [-0.2, -0.15) is 0 Å². The van der Waals surface area contributed by atoms with Gasteiger partial charge in [0.25, 0.3) is 0 Å². The standard InChI is InChI=1S/C31H31N5O4S/c1-19-16-25(20(2)35(19)24-9-7-8-21(17-24)30(38)40-4)29-28(26-10-5-6-15-32-26)34-31(41)36(29)23-13-11-22(12-14-23)33-27(37)18-39-3/h5-17,28-29H,18H2,1-4H3,(H,33,37)(H,34,41)/t28-,29+/m0/s1. The van der Waals surface area contributed by atoms with Gasteiger partial charge < -0.3 is 29.6 Å². The lowest BCUT2D eigenvalue weighted by Gasteiger charge is -2.28. The molecule has 0 unspecified atom stereocenters. The van der Waals surface area contributed by atoms with Crippen molar-refractivity contribution in [2.45, 2.75) is 25.9 Å². The predicted octanol–water partition coefficient (Wildman–Crippen LogP) is 5.04. The van der Waals surface area contributed by atoms with Gasteiger partial charge >= 0.3 is 5.97 Å². The van der Waals surface area contributed by atoms with E-state index < -0.39 is 0 Å². The zero-order valence-corrected chi connectivity index (χ0v) is 24.1. The van der Waals surface area contributed by atoms with Crippen LogP contribution in [0.2, 0.25) is 0 Å². The van der Waals surface area contributed by atoms with Gasteiger partial charge in [-0.05, 0) is 92.3 Å². The molecule has 10 heteroatoms. The minimum absolute atomic E-state index is 0.0200. The number of nitrogens with one attached hydrogen (secondary N) is 2. The van der Waals surface area contributed by atoms with Gasteiger partial charge in [0.1, 0.15) is 6.61 Å². The number of hydrogen-bond acceptors (Lipinski definition) is 6. The zero-order chi connectivity index (χ0) is 29.1. The van der Waals surface area contributed by atoms with Crippen LogP contribution in [-0.2, 0) is 14.3 Å². The van der Waals surface area contributed by atoms with E-state index in [0.29, 0.717) is 16.4 Å². The molecular weight excluding hydrogens is 538 g/mol. The van der Waals surface area contributed by atoms with Crippen molar-refractivity contribution < 1.29 is 19.1 Å². The molecule has 0 spiro atoms. The first-order valence-corrected chi connectivity index (χ1v) is 13.5. The van der Waals surface area contributed by atoms with E-state index in [2.05, 4.69) is 38.1 Å². The Labute approximate surface area is 244 Å². The maximum Gasteiger partial charge on any atom is 0.337 e. The highest BCUT2D eigenvalue weighted by Gasteiger charge is 2.42. The number of anilines is 2. The Morgan fingerprint density at radius 2 is 1.78 bits per heavy atom. The highest BCUT2D eigenvalue weighted by atomic mass is 32.1. The molecule has 2 aromatic heterocycles. The molecule has 210 valence electrons. The van der Waals surface area contributed by atoms with Crippen molar-refractivity contribution >= 4 is 40.6 Å². The Balaban J connectivity index is 1.58. The zero-order valence-electron chi connectivity index (χ0n) is 23.3. The summed E-state index contributed by atoms with van der Waals surface area (Å²) in [5, 5.41) is 6.89. The van der Waals surface area contributed by atoms with E-state index in [0.717, 1.165) is 34.0 Å². The van der Waals surface area contributed by atoms with E-state index in [1.165, 1.54) is 14.2 Å². The highest BCUT2D eigenvalue weighted by molar-refractivity contribution is 7.80. The van der Waals surface area contributed by atoms with Gasteiger partial charge in [0, 0.05) is 41.8 Å². The molecular formula is C31H31N5O4S. The molecule has 1 amide bonds. The lowest BCUT2D eigenvalue weighted by atomic mass is 9.96. The van der Waals surface area contributed by atoms with E-state index in [1.807, 2.05) is 67.6 Å². The summed E-state index contributed by atoms with van der Waals surface area (Å²) in [7, 11) is 2.86. The number of rotatable bonds is 8. The van der Waals surface area contributed by atoms with Gasteiger partial charge in [-0.3, -0.25) is 9.78 Å². The average molecular weight is 570 g/mol. The lowest BCUT2D eigenvalue weighted by molar-refractivity contribution is -0.119. The fourth-order valence-electron chi connectivity index (χ4n) is 5.36. The SMILES string of the molecule is COCC(=O)Nc1ccc(N2C(=S)N[C@@H](c3ccccn3)[C@H]2c2cc(C)n(-c3cccc(C(=O)OC)c3)c2C)cc1. The van der Waals surface area contributed by atoms with Gasteiger partial charge in [-0.15, -0.1) is 0 Å². The van der Waals surface area contributed by atoms with Gasteiger partial charge in [0.05, 0.1) is 30.5 Å². The fraction of sp³-hybridized carbons (Fsp3) is 0.226. The van der Waals surface area contributed by atoms with Crippen LogP contribution in [0.15, 0.2) is 79.0 Å². The number of pyridine rings is 1. The van der Waals surface area contributed by atoms with Crippen LogP contribution in [-0.4, -0.2) is 47.4 Å². The van der Waals surface area contributed by atoms with E-state index in [1.54, 1.807) is 12.3 Å². The third-order valence-corrected chi connectivity index (χ3v) is 7.43. The summed E-state index contributed by atoms with van der Waals surface area (Å²) in [5.74, 6) is -0.612. The van der Waals surface area contributed by atoms with Crippen molar-refractivity contribution in [2.24, 2.45) is 0 Å². The number of ether oxygens (including phenoxy) is 2. The largest absolute Gasteiger partial charge is 0.465 e. The Morgan fingerprint density at radius 1 is 1.00 bits per heavy atom. The van der Waals surface area contributed by atoms with Gasteiger partial charge in [0.15, 0.2) is 5.11 Å². The molecule has 3 heterocycles. The minimum Gasteiger partial charge on any atom is -0.465 e. The third kappa shape index (κ3) is 5.57. The second kappa shape index (κ2) is 11.9.